The molecule has 0 radical (unpaired) electrons. The van der Waals surface area contributed by atoms with Crippen LogP contribution in [0.2, 0.25) is 0 Å². The van der Waals surface area contributed by atoms with Crippen LogP contribution in [0.3, 0.4) is 0 Å². The maximum absolute atomic E-state index is 12.8. The van der Waals surface area contributed by atoms with Gasteiger partial charge in [0.15, 0.2) is 0 Å². The summed E-state index contributed by atoms with van der Waals surface area (Å²) in [5.74, 6) is 0.0276. The molecule has 0 bridgehead atoms. The highest BCUT2D eigenvalue weighted by Gasteiger charge is 2.28. The summed E-state index contributed by atoms with van der Waals surface area (Å²) in [7, 11) is 0. The fourth-order valence-corrected chi connectivity index (χ4v) is 3.81. The summed E-state index contributed by atoms with van der Waals surface area (Å²) < 4.78 is 3.45. The number of hydrogen-bond acceptors (Lipinski definition) is 4. The van der Waals surface area contributed by atoms with Crippen LogP contribution in [0.4, 0.5) is 0 Å². The first-order chi connectivity index (χ1) is 13.1. The van der Waals surface area contributed by atoms with E-state index >= 15 is 0 Å². The molecule has 1 aliphatic rings. The number of nitrogens with zero attached hydrogens (tertiary/aromatic N) is 4. The van der Waals surface area contributed by atoms with Crippen molar-refractivity contribution in [3.8, 4) is 0 Å². The van der Waals surface area contributed by atoms with E-state index in [-0.39, 0.29) is 24.9 Å². The fourth-order valence-electron chi connectivity index (χ4n) is 3.81. The first kappa shape index (κ1) is 17.3. The van der Waals surface area contributed by atoms with Crippen LogP contribution in [0.25, 0.3) is 10.9 Å². The zero-order valence-corrected chi connectivity index (χ0v) is 14.9. The van der Waals surface area contributed by atoms with Crippen LogP contribution in [0.5, 0.6) is 0 Å². The van der Waals surface area contributed by atoms with Crippen LogP contribution in [-0.2, 0) is 17.9 Å². The number of aromatic nitrogens is 4. The number of nitrogens with one attached hydrogen (secondary N) is 1. The van der Waals surface area contributed by atoms with Crippen molar-refractivity contribution < 1.29 is 4.79 Å². The molecule has 27 heavy (non-hydrogen) atoms. The minimum atomic E-state index is -0.483. The van der Waals surface area contributed by atoms with Crippen LogP contribution in [0.15, 0.2) is 52.6 Å². The standard InChI is InChI=1S/C19H21N5O3/c25-17(23-9-3-4-14(23)12-22-11-8-20-13-22)7-10-24-16-6-2-1-5-15(16)18(26)21-19(24)27/h1-2,5-6,8,11,13-14H,3-4,7,9-10,12H2,(H,21,26,27)/t14-/m1/s1. The van der Waals surface area contributed by atoms with E-state index in [1.807, 2.05) is 15.7 Å². The van der Waals surface area contributed by atoms with Crippen molar-refractivity contribution in [2.45, 2.75) is 38.4 Å². The molecule has 1 amide bonds. The van der Waals surface area contributed by atoms with Crippen molar-refractivity contribution in [3.05, 3.63) is 63.8 Å². The Morgan fingerprint density at radius 2 is 2.11 bits per heavy atom. The molecule has 4 rings (SSSR count). The number of amides is 1. The molecule has 0 spiro atoms. The number of carbonyl (C=O) groups is 1. The first-order valence-corrected chi connectivity index (χ1v) is 9.10. The molecule has 1 saturated heterocycles. The third-order valence-corrected chi connectivity index (χ3v) is 5.13. The molecule has 1 aromatic carbocycles. The molecule has 1 N–H and O–H groups in total. The normalized spacial score (nSPS) is 16.9. The van der Waals surface area contributed by atoms with Gasteiger partial charge in [-0.3, -0.25) is 19.1 Å². The lowest BCUT2D eigenvalue weighted by Crippen LogP contribution is -2.39. The smallest absolute Gasteiger partial charge is 0.328 e. The average molecular weight is 367 g/mol. The molecule has 8 heteroatoms. The van der Waals surface area contributed by atoms with Gasteiger partial charge in [0.2, 0.25) is 5.91 Å². The zero-order valence-electron chi connectivity index (χ0n) is 14.9. The second-order valence-electron chi connectivity index (χ2n) is 6.82. The minimum Gasteiger partial charge on any atom is -0.338 e. The first-order valence-electron chi connectivity index (χ1n) is 9.10. The largest absolute Gasteiger partial charge is 0.338 e. The van der Waals surface area contributed by atoms with Gasteiger partial charge in [0, 0.05) is 44.5 Å². The van der Waals surface area contributed by atoms with Gasteiger partial charge in [0.25, 0.3) is 5.56 Å². The predicted molar refractivity (Wildman–Crippen MR) is 100 cm³/mol. The maximum atomic E-state index is 12.8. The Labute approximate surface area is 155 Å². The quantitative estimate of drug-likeness (QED) is 0.727. The van der Waals surface area contributed by atoms with Crippen LogP contribution in [-0.4, -0.2) is 42.5 Å². The number of fused-ring (bicyclic) bond motifs is 1. The number of aromatic amines is 1. The van der Waals surface area contributed by atoms with E-state index in [9.17, 15) is 14.4 Å². The highest BCUT2D eigenvalue weighted by molar-refractivity contribution is 5.79. The van der Waals surface area contributed by atoms with Crippen LogP contribution in [0, 0.1) is 0 Å². The SMILES string of the molecule is O=C(CCn1c(=O)[nH]c(=O)c2ccccc21)N1CCC[C@@H]1Cn1ccnc1. The van der Waals surface area contributed by atoms with Gasteiger partial charge in [-0.1, -0.05) is 12.1 Å². The molecule has 0 saturated carbocycles. The van der Waals surface area contributed by atoms with Gasteiger partial charge in [-0.2, -0.15) is 0 Å². The Hall–Kier alpha value is -3.16. The molecular formula is C19H21N5O3. The molecule has 0 aliphatic carbocycles. The van der Waals surface area contributed by atoms with Crippen LogP contribution < -0.4 is 11.2 Å². The molecular weight excluding hydrogens is 346 g/mol. The summed E-state index contributed by atoms with van der Waals surface area (Å²) in [6.45, 7) is 1.70. The topological polar surface area (TPSA) is 93.0 Å². The van der Waals surface area contributed by atoms with Gasteiger partial charge in [-0.25, -0.2) is 9.78 Å². The van der Waals surface area contributed by atoms with Crippen molar-refractivity contribution in [1.29, 1.82) is 0 Å². The Morgan fingerprint density at radius 3 is 2.93 bits per heavy atom. The number of H-pyrrole nitrogens is 1. The van der Waals surface area contributed by atoms with Crippen molar-refractivity contribution in [2.24, 2.45) is 0 Å². The molecule has 0 unspecified atom stereocenters. The molecule has 1 atom stereocenters. The van der Waals surface area contributed by atoms with E-state index in [0.717, 1.165) is 25.9 Å². The Kier molecular flexibility index (Phi) is 4.62. The summed E-state index contributed by atoms with van der Waals surface area (Å²) in [6, 6.07) is 7.08. The van der Waals surface area contributed by atoms with Crippen molar-refractivity contribution in [3.63, 3.8) is 0 Å². The monoisotopic (exact) mass is 367 g/mol. The van der Waals surface area contributed by atoms with Gasteiger partial charge in [-0.15, -0.1) is 0 Å². The minimum absolute atomic E-state index is 0.0276. The maximum Gasteiger partial charge on any atom is 0.328 e. The number of carbonyl (C=O) groups excluding carboxylic acids is 1. The lowest BCUT2D eigenvalue weighted by molar-refractivity contribution is -0.132. The third kappa shape index (κ3) is 3.42. The molecule has 3 aromatic rings. The summed E-state index contributed by atoms with van der Waals surface area (Å²) in [5, 5.41) is 0.448. The lowest BCUT2D eigenvalue weighted by Gasteiger charge is -2.25. The summed E-state index contributed by atoms with van der Waals surface area (Å²) in [5.41, 5.74) is -0.337. The van der Waals surface area contributed by atoms with E-state index < -0.39 is 11.2 Å². The predicted octanol–water partition coefficient (Wildman–Crippen LogP) is 0.968. The molecule has 1 aliphatic heterocycles. The number of hydrogen-bond donors (Lipinski definition) is 1. The lowest BCUT2D eigenvalue weighted by atomic mass is 10.2. The number of imidazole rings is 1. The third-order valence-electron chi connectivity index (χ3n) is 5.13. The van der Waals surface area contributed by atoms with Crippen LogP contribution in [0.1, 0.15) is 19.3 Å². The van der Waals surface area contributed by atoms with E-state index in [1.54, 1.807) is 36.8 Å². The van der Waals surface area contributed by atoms with E-state index in [2.05, 4.69) is 9.97 Å². The zero-order chi connectivity index (χ0) is 18.8. The Balaban J connectivity index is 1.50. The van der Waals surface area contributed by atoms with Gasteiger partial charge in [-0.05, 0) is 25.0 Å². The van der Waals surface area contributed by atoms with E-state index in [0.29, 0.717) is 10.9 Å². The number of benzene rings is 1. The van der Waals surface area contributed by atoms with E-state index in [1.165, 1.54) is 4.57 Å². The molecule has 1 fully saturated rings. The second kappa shape index (κ2) is 7.22. The highest BCUT2D eigenvalue weighted by atomic mass is 16.2. The summed E-state index contributed by atoms with van der Waals surface area (Å²) in [4.78, 5) is 45.2. The fraction of sp³-hybridized carbons (Fsp3) is 0.368. The Bertz CT molecular complexity index is 1070. The van der Waals surface area contributed by atoms with E-state index in [4.69, 9.17) is 0 Å². The number of para-hydroxylation sites is 1. The van der Waals surface area contributed by atoms with Gasteiger partial charge >= 0.3 is 5.69 Å². The van der Waals surface area contributed by atoms with Crippen molar-refractivity contribution >= 4 is 16.8 Å². The number of rotatable bonds is 5. The highest BCUT2D eigenvalue weighted by Crippen LogP contribution is 2.20. The van der Waals surface area contributed by atoms with Crippen LogP contribution >= 0.6 is 0 Å². The summed E-state index contributed by atoms with van der Waals surface area (Å²) >= 11 is 0. The second-order valence-corrected chi connectivity index (χ2v) is 6.82. The number of likely N-dealkylation sites (tertiary alicyclic amines) is 1. The molecule has 140 valence electrons. The Morgan fingerprint density at radius 1 is 1.26 bits per heavy atom. The molecule has 3 heterocycles. The van der Waals surface area contributed by atoms with Gasteiger partial charge in [0.1, 0.15) is 0 Å². The molecule has 2 aromatic heterocycles. The van der Waals surface area contributed by atoms with Crippen molar-refractivity contribution in [1.82, 2.24) is 24.0 Å². The summed E-state index contributed by atoms with van der Waals surface area (Å²) in [6.07, 6.45) is 7.54. The number of aryl methyl sites for hydroxylation is 1. The van der Waals surface area contributed by atoms with Gasteiger partial charge < -0.3 is 9.47 Å². The molecule has 8 nitrogen and oxygen atoms in total. The average Bonchev–Trinajstić information content (AvgIpc) is 3.34. The van der Waals surface area contributed by atoms with Gasteiger partial charge in [0.05, 0.1) is 17.2 Å². The van der Waals surface area contributed by atoms with Crippen molar-refractivity contribution in [2.75, 3.05) is 6.54 Å².